The van der Waals surface area contributed by atoms with Gasteiger partial charge in [-0.1, -0.05) is 94.6 Å². The number of methoxy groups -OCH3 is 1. The van der Waals surface area contributed by atoms with Gasteiger partial charge in [0.15, 0.2) is 15.1 Å². The summed E-state index contributed by atoms with van der Waals surface area (Å²) in [4.78, 5) is 97.1. The number of anilines is 6. The summed E-state index contributed by atoms with van der Waals surface area (Å²) in [6, 6.07) is 39.5. The minimum absolute atomic E-state index is 0.0358. The summed E-state index contributed by atoms with van der Waals surface area (Å²) >= 11 is 0. The van der Waals surface area contributed by atoms with Crippen molar-refractivity contribution >= 4 is 98.6 Å². The average molecular weight is 1980 g/mol. The first-order valence-corrected chi connectivity index (χ1v) is 53.9. The Morgan fingerprint density at radius 2 is 0.986 bits per heavy atom. The third-order valence-corrected chi connectivity index (χ3v) is 33.0. The van der Waals surface area contributed by atoms with Gasteiger partial charge in [0.2, 0.25) is 15.9 Å². The van der Waals surface area contributed by atoms with Gasteiger partial charge in [-0.15, -0.1) is 0 Å². The molecule has 2 aliphatic carbocycles. The molecule has 746 valence electrons. The summed E-state index contributed by atoms with van der Waals surface area (Å²) in [5.74, 6) is 2.63. The predicted octanol–water partition coefficient (Wildman–Crippen LogP) is 12.9. The van der Waals surface area contributed by atoms with Crippen molar-refractivity contribution in [2.75, 3.05) is 109 Å². The fraction of sp³-hybridized carbons (Fsp3) is 0.495. The van der Waals surface area contributed by atoms with E-state index in [9.17, 15) is 52.8 Å². The molecule has 0 spiro atoms. The van der Waals surface area contributed by atoms with Gasteiger partial charge in [0.05, 0.1) is 46.9 Å². The van der Waals surface area contributed by atoms with Gasteiger partial charge in [-0.3, -0.25) is 24.1 Å². The lowest BCUT2D eigenvalue weighted by Crippen LogP contribution is -2.50. The van der Waals surface area contributed by atoms with E-state index in [1.165, 1.54) is 56.0 Å². The number of ether oxygens (including phenoxy) is 2. The number of carbonyl (C=O) groups excluding carboxylic acids is 4. The number of hydrogen-bond donors (Lipinski definition) is 7. The molecule has 17 rings (SSSR count). The molecule has 7 atom stereocenters. The van der Waals surface area contributed by atoms with Gasteiger partial charge in [-0.25, -0.2) is 57.2 Å². The highest BCUT2D eigenvalue weighted by atomic mass is 32.2. The third-order valence-electron chi connectivity index (χ3n) is 27.6. The van der Waals surface area contributed by atoms with Crippen molar-refractivity contribution in [2.24, 2.45) is 35.3 Å². The van der Waals surface area contributed by atoms with Gasteiger partial charge >= 0.3 is 0 Å². The van der Waals surface area contributed by atoms with Crippen LogP contribution in [0.25, 0.3) is 22.4 Å². The van der Waals surface area contributed by atoms with E-state index in [4.69, 9.17) is 25.9 Å². The van der Waals surface area contributed by atoms with Crippen molar-refractivity contribution in [3.8, 4) is 34.0 Å². The Kier molecular flexibility index (Phi) is 31.6. The van der Waals surface area contributed by atoms with E-state index in [2.05, 4.69) is 185 Å². The number of piperazine rings is 1. The molecule has 2 saturated carbocycles. The number of aryl methyl sites for hydroxylation is 2. The third kappa shape index (κ3) is 24.5. The van der Waals surface area contributed by atoms with Gasteiger partial charge < -0.3 is 50.8 Å². The Bertz CT molecular complexity index is 6470. The summed E-state index contributed by atoms with van der Waals surface area (Å²) in [7, 11) is -14.9. The Hall–Kier alpha value is -11.6. The molecular weight excluding hydrogens is 1850 g/mol. The first-order chi connectivity index (χ1) is 65.7. The number of hydrogen-bond acceptors (Lipinski definition) is 30. The maximum atomic E-state index is 13.5. The second-order valence-corrected chi connectivity index (χ2v) is 47.9. The van der Waals surface area contributed by atoms with E-state index in [0.29, 0.717) is 108 Å². The zero-order chi connectivity index (χ0) is 100. The lowest BCUT2D eigenvalue weighted by molar-refractivity contribution is 0.0972. The van der Waals surface area contributed by atoms with Crippen molar-refractivity contribution in [3.05, 3.63) is 191 Å². The summed E-state index contributed by atoms with van der Waals surface area (Å²) in [6.07, 6.45) is 16.4. The number of pyridine rings is 7. The first kappa shape index (κ1) is 103. The number of nitrogen functional groups attached to an aromatic ring is 1. The number of sulfonamides is 4. The minimum Gasteiger partial charge on any atom is -0.496 e. The normalized spacial score (nSPS) is 21.7. The Balaban J connectivity index is 0.000000148. The van der Waals surface area contributed by atoms with Crippen LogP contribution >= 0.6 is 0 Å². The zero-order valence-electron chi connectivity index (χ0n) is 82.2. The number of nitrogens with two attached hydrogens (primary N) is 2. The number of nitrogens with zero attached hydrogens (tertiary/aromatic N) is 13. The monoisotopic (exact) mass is 1980 g/mol. The molecule has 0 bridgehead atoms. The van der Waals surface area contributed by atoms with Gasteiger partial charge in [-0.05, 0) is 254 Å². The van der Waals surface area contributed by atoms with Crippen LogP contribution in [0.2, 0.25) is 0 Å². The summed E-state index contributed by atoms with van der Waals surface area (Å²) < 4.78 is 124. The summed E-state index contributed by atoms with van der Waals surface area (Å²) in [6.45, 7) is 38.3. The van der Waals surface area contributed by atoms with E-state index in [1.807, 2.05) is 50.2 Å². The highest BCUT2D eigenvalue weighted by molar-refractivity contribution is 7.91. The van der Waals surface area contributed by atoms with Crippen molar-refractivity contribution in [1.29, 1.82) is 0 Å². The van der Waals surface area contributed by atoms with Gasteiger partial charge in [0, 0.05) is 140 Å². The van der Waals surface area contributed by atoms with E-state index in [0.717, 1.165) is 119 Å². The molecule has 34 nitrogen and oxygen atoms in total. The van der Waals surface area contributed by atoms with E-state index < -0.39 is 69.0 Å². The van der Waals surface area contributed by atoms with Crippen LogP contribution in [-0.4, -0.2) is 216 Å². The zero-order valence-corrected chi connectivity index (χ0v) is 85.5. The van der Waals surface area contributed by atoms with Crippen LogP contribution in [0.5, 0.6) is 11.6 Å². The molecule has 0 radical (unpaired) electrons. The number of para-hydroxylation sites is 1. The van der Waals surface area contributed by atoms with E-state index in [1.54, 1.807) is 80.3 Å². The van der Waals surface area contributed by atoms with Crippen molar-refractivity contribution < 1.29 is 62.3 Å². The maximum absolute atomic E-state index is 13.5. The number of benzene rings is 2. The van der Waals surface area contributed by atoms with Crippen LogP contribution < -0.4 is 69.6 Å². The standard InChI is InChI=1S/C27H38N6O3S.C26H36N4O3S.C25H29N5O4S.C23H31N5O4S/c1-20-18-27(2,3)33(19-20)25-22(10-7-13-28-25)26(34)30-37(35,36)24-12-6-11-23(29-24)32-16-14-31(15-17-32)21-8-4-5-9-21;1-16-6-7-18(3)22(12-16)23-11-10-21(24(28-23)30-15-17(2)14-26(30,4)5)25(31)29-34(32,33)20-9-8-19(27)13-20;1-16-13-25(2,3)30(15-16)23-19(12-17(14-27-23)18-8-5-6-9-20(18)34-4)24(31)29-35(32,33)22-11-7-10-21(26)28-22;1-16-12-23(2,3)28(14-16)21-18(6-5-10-25-21)22(29)27-33(30,31)20-8-4-7-19(26-20)32-15-17-9-11-24-13-17/h6-7,10-13,20-21H,4-5,8-9,14-19H2,1-3H3,(H,30,34);6-7,10-12,17,19-20H,8-9,13-15,27H2,1-5H3,(H,29,31);5-12,14,16H,13,15H2,1-4H3,(H2,26,28)(H,29,31);4-8,10,16-17,24H,9,11-15H2,1-3H3,(H,27,29)/t;17-,19-,20?;;/m.0../s1. The van der Waals surface area contributed by atoms with Crippen molar-refractivity contribution in [3.63, 3.8) is 0 Å². The smallest absolute Gasteiger partial charge is 0.281 e. The minimum atomic E-state index is -4.26. The molecule has 7 aromatic heterocycles. The largest absolute Gasteiger partial charge is 0.496 e. The number of aromatic nitrogens is 7. The molecule has 9 aromatic rings. The Labute approximate surface area is 818 Å². The molecule has 9 N–H and O–H groups in total. The van der Waals surface area contributed by atoms with Crippen LogP contribution in [0, 0.1) is 43.4 Å². The van der Waals surface area contributed by atoms with Crippen LogP contribution in [0.15, 0.2) is 173 Å². The molecule has 139 heavy (non-hydrogen) atoms. The molecule has 5 unspecified atom stereocenters. The number of rotatable bonds is 24. The topological polar surface area (TPSA) is 445 Å². The summed E-state index contributed by atoms with van der Waals surface area (Å²) in [5, 5.41) is 1.87. The predicted molar refractivity (Wildman–Crippen MR) is 540 cm³/mol. The summed E-state index contributed by atoms with van der Waals surface area (Å²) in [5.41, 5.74) is 16.9. The molecular formula is C101H134N20O14S4. The molecule has 8 aliphatic rings. The maximum Gasteiger partial charge on any atom is 0.281 e. The fourth-order valence-corrected chi connectivity index (χ4v) is 25.4. The molecule has 4 amide bonds. The van der Waals surface area contributed by atoms with Crippen LogP contribution in [-0.2, 0) is 40.1 Å². The number of carbonyl (C=O) groups is 4. The molecule has 8 fully saturated rings. The second-order valence-electron chi connectivity index (χ2n) is 41.0. The highest BCUT2D eigenvalue weighted by Crippen LogP contribution is 2.44. The first-order valence-electron chi connectivity index (χ1n) is 47.9. The van der Waals surface area contributed by atoms with E-state index >= 15 is 0 Å². The Morgan fingerprint density at radius 3 is 1.50 bits per heavy atom. The Morgan fingerprint density at radius 1 is 0.489 bits per heavy atom. The molecule has 38 heteroatoms. The van der Waals surface area contributed by atoms with Crippen molar-refractivity contribution in [2.45, 2.75) is 229 Å². The average Bonchev–Trinajstić information content (AvgIpc) is 1.74. The number of nitrogens with one attached hydrogen (secondary N) is 5. The highest BCUT2D eigenvalue weighted by Gasteiger charge is 2.45. The quantitative estimate of drug-likeness (QED) is 0.0295. The van der Waals surface area contributed by atoms with Gasteiger partial charge in [0.1, 0.15) is 40.7 Å². The van der Waals surface area contributed by atoms with Crippen LogP contribution in [0.3, 0.4) is 0 Å². The SMILES string of the molecule is CC1CN(c2ncccc2C(=O)NS(=O)(=O)c2cccc(N3CCN(C4CCCC4)CC3)n2)C(C)(C)C1.CC1CN(c2ncccc2C(=O)NS(=O)(=O)c2cccc(OCC3CCNC3)n2)C(C)(C)C1.COc1ccccc1-c1cnc(N2CC(C)CC2(C)C)c(C(=O)NS(=O)(=O)c2cccc(N)n2)c1.Cc1ccc(C)c(-c2ccc(C(=O)NS(=O)(=O)C3CC[C@H](N)C3)c(N3C[C@@H](C)CC3(C)C)n2)c1. The second kappa shape index (κ2) is 42.5. The lowest BCUT2D eigenvalue weighted by atomic mass is 9.97. The van der Waals surface area contributed by atoms with Crippen molar-refractivity contribution in [1.82, 2.24) is 64.0 Å². The fourth-order valence-electron chi connectivity index (χ4n) is 21.1. The van der Waals surface area contributed by atoms with Gasteiger partial charge in [-0.2, -0.15) is 30.2 Å². The van der Waals surface area contributed by atoms with E-state index in [-0.39, 0.29) is 77.2 Å². The van der Waals surface area contributed by atoms with Gasteiger partial charge in [0.25, 0.3) is 53.7 Å². The lowest BCUT2D eigenvalue weighted by Gasteiger charge is -2.38. The van der Waals surface area contributed by atoms with Crippen LogP contribution in [0.4, 0.5) is 34.9 Å². The molecule has 2 aromatic carbocycles. The molecule has 6 saturated heterocycles. The molecule has 6 aliphatic heterocycles. The number of amides is 4. The van der Waals surface area contributed by atoms with Crippen LogP contribution in [0.1, 0.15) is 213 Å². The molecule has 13 heterocycles.